The second kappa shape index (κ2) is 7.50. The maximum absolute atomic E-state index is 13.1. The van der Waals surface area contributed by atoms with Gasteiger partial charge in [0.1, 0.15) is 0 Å². The Kier molecular flexibility index (Phi) is 4.78. The first-order valence-corrected chi connectivity index (χ1v) is 10.7. The lowest BCUT2D eigenvalue weighted by Crippen LogP contribution is -2.38. The number of pyridine rings is 2. The minimum atomic E-state index is -0.0584. The lowest BCUT2D eigenvalue weighted by atomic mass is 9.92. The molecule has 1 amide bonds. The molecule has 1 aromatic carbocycles. The molecule has 3 aromatic heterocycles. The molecule has 31 heavy (non-hydrogen) atoms. The first-order chi connectivity index (χ1) is 14.9. The van der Waals surface area contributed by atoms with Crippen molar-refractivity contribution >= 4 is 39.4 Å². The van der Waals surface area contributed by atoms with Crippen LogP contribution >= 0.6 is 11.6 Å². The van der Waals surface area contributed by atoms with Crippen molar-refractivity contribution in [2.75, 3.05) is 13.1 Å². The molecule has 8 heteroatoms. The molecule has 0 spiro atoms. The molecule has 5 rings (SSSR count). The third kappa shape index (κ3) is 3.39. The van der Waals surface area contributed by atoms with E-state index >= 15 is 0 Å². The van der Waals surface area contributed by atoms with Gasteiger partial charge in [0.2, 0.25) is 0 Å². The molecular formula is C23H22ClN5O2. The van der Waals surface area contributed by atoms with Crippen molar-refractivity contribution in [1.82, 2.24) is 24.2 Å². The van der Waals surface area contributed by atoms with Crippen LogP contribution in [0.2, 0.25) is 5.02 Å². The van der Waals surface area contributed by atoms with Crippen LogP contribution in [-0.4, -0.2) is 43.2 Å². The molecule has 0 aliphatic carbocycles. The number of hydrogen-bond donors (Lipinski definition) is 0. The van der Waals surface area contributed by atoms with Crippen molar-refractivity contribution in [3.63, 3.8) is 0 Å². The predicted octanol–water partition coefficient (Wildman–Crippen LogP) is 3.49. The quantitative estimate of drug-likeness (QED) is 0.483. The van der Waals surface area contributed by atoms with Crippen LogP contribution in [0.25, 0.3) is 21.9 Å². The summed E-state index contributed by atoms with van der Waals surface area (Å²) in [5, 5.41) is 2.15. The topological polar surface area (TPSA) is 73.0 Å². The molecule has 0 N–H and O–H groups in total. The molecule has 1 aliphatic heterocycles. The molecular weight excluding hydrogens is 414 g/mol. The number of aryl methyl sites for hydroxylation is 1. The SMILES string of the molecule is Cn1c(=O)c2ccc(C(=O)N3CCC(c4ccc5cc(Cl)cnc5n4)CC3)cc2n1C. The highest BCUT2D eigenvalue weighted by Crippen LogP contribution is 2.29. The highest BCUT2D eigenvalue weighted by molar-refractivity contribution is 6.31. The summed E-state index contributed by atoms with van der Waals surface area (Å²) in [6.45, 7) is 1.34. The number of likely N-dealkylation sites (tertiary alicyclic amines) is 1. The average Bonchev–Trinajstić information content (AvgIpc) is 3.02. The summed E-state index contributed by atoms with van der Waals surface area (Å²) in [6, 6.07) is 11.2. The zero-order valence-electron chi connectivity index (χ0n) is 17.4. The van der Waals surface area contributed by atoms with Gasteiger partial charge in [0.25, 0.3) is 11.5 Å². The van der Waals surface area contributed by atoms with Crippen LogP contribution in [0.3, 0.4) is 0 Å². The number of aromatic nitrogens is 4. The van der Waals surface area contributed by atoms with Gasteiger partial charge in [-0.2, -0.15) is 0 Å². The predicted molar refractivity (Wildman–Crippen MR) is 121 cm³/mol. The highest BCUT2D eigenvalue weighted by Gasteiger charge is 2.26. The first kappa shape index (κ1) is 19.8. The minimum Gasteiger partial charge on any atom is -0.339 e. The summed E-state index contributed by atoms with van der Waals surface area (Å²) in [5.74, 6) is 0.294. The Morgan fingerprint density at radius 2 is 1.84 bits per heavy atom. The molecule has 7 nitrogen and oxygen atoms in total. The summed E-state index contributed by atoms with van der Waals surface area (Å²) >= 11 is 6.01. The first-order valence-electron chi connectivity index (χ1n) is 10.3. The summed E-state index contributed by atoms with van der Waals surface area (Å²) in [5.41, 5.74) is 3.02. The lowest BCUT2D eigenvalue weighted by molar-refractivity contribution is 0.0712. The second-order valence-corrected chi connectivity index (χ2v) is 8.52. The Labute approximate surface area is 183 Å². The molecule has 0 saturated carbocycles. The Balaban J connectivity index is 1.33. The number of carbonyl (C=O) groups is 1. The van der Waals surface area contributed by atoms with E-state index in [2.05, 4.69) is 4.98 Å². The van der Waals surface area contributed by atoms with Gasteiger partial charge in [-0.3, -0.25) is 19.0 Å². The summed E-state index contributed by atoms with van der Waals surface area (Å²) in [6.07, 6.45) is 3.31. The summed E-state index contributed by atoms with van der Waals surface area (Å²) < 4.78 is 3.32. The summed E-state index contributed by atoms with van der Waals surface area (Å²) in [7, 11) is 3.54. The molecule has 0 atom stereocenters. The second-order valence-electron chi connectivity index (χ2n) is 8.09. The van der Waals surface area contributed by atoms with Crippen molar-refractivity contribution < 1.29 is 4.79 Å². The van der Waals surface area contributed by atoms with E-state index in [-0.39, 0.29) is 11.5 Å². The van der Waals surface area contributed by atoms with E-state index in [4.69, 9.17) is 16.6 Å². The average molecular weight is 436 g/mol. The van der Waals surface area contributed by atoms with E-state index in [0.717, 1.165) is 29.4 Å². The molecule has 0 radical (unpaired) electrons. The van der Waals surface area contributed by atoms with Gasteiger partial charge in [0.15, 0.2) is 5.65 Å². The van der Waals surface area contributed by atoms with Gasteiger partial charge in [-0.05, 0) is 49.2 Å². The molecule has 1 saturated heterocycles. The van der Waals surface area contributed by atoms with E-state index in [0.29, 0.717) is 40.6 Å². The number of nitrogens with zero attached hydrogens (tertiary/aromatic N) is 5. The Morgan fingerprint density at radius 3 is 2.61 bits per heavy atom. The van der Waals surface area contributed by atoms with Crippen molar-refractivity contribution in [3.05, 3.63) is 69.2 Å². The van der Waals surface area contributed by atoms with Crippen LogP contribution < -0.4 is 5.56 Å². The molecule has 4 heterocycles. The number of rotatable bonds is 2. The van der Waals surface area contributed by atoms with Gasteiger partial charge in [0, 0.05) is 55.9 Å². The number of amides is 1. The van der Waals surface area contributed by atoms with Gasteiger partial charge in [-0.25, -0.2) is 9.97 Å². The standard InChI is InChI=1S/C23H22ClN5O2/c1-27-20-12-16(3-5-18(20)23(31)28(27)2)22(30)29-9-7-14(8-10-29)19-6-4-15-11-17(24)13-25-21(15)26-19/h3-6,11-14H,7-10H2,1-2H3. The van der Waals surface area contributed by atoms with Crippen molar-refractivity contribution in [2.24, 2.45) is 14.1 Å². The van der Waals surface area contributed by atoms with E-state index in [9.17, 15) is 9.59 Å². The van der Waals surface area contributed by atoms with Crippen molar-refractivity contribution in [1.29, 1.82) is 0 Å². The van der Waals surface area contributed by atoms with Gasteiger partial charge < -0.3 is 4.90 Å². The molecule has 0 unspecified atom stereocenters. The normalized spacial score (nSPS) is 15.1. The van der Waals surface area contributed by atoms with Gasteiger partial charge in [0.05, 0.1) is 15.9 Å². The summed E-state index contributed by atoms with van der Waals surface area (Å²) in [4.78, 5) is 36.2. The molecule has 1 fully saturated rings. The maximum Gasteiger partial charge on any atom is 0.274 e. The third-order valence-corrected chi connectivity index (χ3v) is 6.51. The van der Waals surface area contributed by atoms with Gasteiger partial charge in [-0.1, -0.05) is 11.6 Å². The van der Waals surface area contributed by atoms with Gasteiger partial charge in [-0.15, -0.1) is 0 Å². The molecule has 158 valence electrons. The number of carbonyl (C=O) groups excluding carboxylic acids is 1. The Hall–Kier alpha value is -3.19. The monoisotopic (exact) mass is 435 g/mol. The lowest BCUT2D eigenvalue weighted by Gasteiger charge is -2.32. The fourth-order valence-electron chi connectivity index (χ4n) is 4.37. The van der Waals surface area contributed by atoms with Crippen LogP contribution in [0.1, 0.15) is 34.8 Å². The number of halogens is 1. The Bertz CT molecular complexity index is 1380. The van der Waals surface area contributed by atoms with Gasteiger partial charge >= 0.3 is 0 Å². The third-order valence-electron chi connectivity index (χ3n) is 6.30. The zero-order valence-corrected chi connectivity index (χ0v) is 18.1. The molecule has 4 aromatic rings. The molecule has 0 bridgehead atoms. The number of piperidine rings is 1. The number of benzene rings is 1. The van der Waals surface area contributed by atoms with E-state index in [1.54, 1.807) is 34.7 Å². The van der Waals surface area contributed by atoms with Crippen LogP contribution in [0.15, 0.2) is 47.4 Å². The zero-order chi connectivity index (χ0) is 21.7. The number of hydrogen-bond acceptors (Lipinski definition) is 4. The fraction of sp³-hybridized carbons (Fsp3) is 0.304. The van der Waals surface area contributed by atoms with Crippen LogP contribution in [0, 0.1) is 0 Å². The van der Waals surface area contributed by atoms with Crippen LogP contribution in [0.5, 0.6) is 0 Å². The number of fused-ring (bicyclic) bond motifs is 2. The highest BCUT2D eigenvalue weighted by atomic mass is 35.5. The minimum absolute atomic E-state index is 0.000527. The van der Waals surface area contributed by atoms with E-state index in [1.165, 1.54) is 0 Å². The maximum atomic E-state index is 13.1. The Morgan fingerprint density at radius 1 is 1.06 bits per heavy atom. The smallest absolute Gasteiger partial charge is 0.274 e. The van der Waals surface area contributed by atoms with Crippen molar-refractivity contribution in [2.45, 2.75) is 18.8 Å². The van der Waals surface area contributed by atoms with E-state index in [1.807, 2.05) is 36.2 Å². The fourth-order valence-corrected chi connectivity index (χ4v) is 4.54. The van der Waals surface area contributed by atoms with E-state index < -0.39 is 0 Å². The van der Waals surface area contributed by atoms with Crippen LogP contribution in [-0.2, 0) is 14.1 Å². The van der Waals surface area contributed by atoms with Crippen LogP contribution in [0.4, 0.5) is 0 Å². The largest absolute Gasteiger partial charge is 0.339 e. The van der Waals surface area contributed by atoms with Crippen molar-refractivity contribution in [3.8, 4) is 0 Å². The molecule has 1 aliphatic rings.